The van der Waals surface area contributed by atoms with Crippen LogP contribution in [-0.2, 0) is 5.88 Å². The van der Waals surface area contributed by atoms with Crippen LogP contribution in [-0.4, -0.2) is 17.8 Å². The van der Waals surface area contributed by atoms with Crippen molar-refractivity contribution in [2.24, 2.45) is 0 Å². The Morgan fingerprint density at radius 2 is 1.92 bits per heavy atom. The summed E-state index contributed by atoms with van der Waals surface area (Å²) in [6, 6.07) is 8.87. The molecule has 0 bridgehead atoms. The highest BCUT2D eigenvalue weighted by molar-refractivity contribution is 7.99. The van der Waals surface area contributed by atoms with Gasteiger partial charge >= 0.3 is 6.18 Å². The second kappa shape index (κ2) is 8.10. The highest BCUT2D eigenvalue weighted by atomic mass is 35.5. The first kappa shape index (κ1) is 19.6. The topological polar surface area (TPSA) is 29.1 Å². The van der Waals surface area contributed by atoms with Crippen LogP contribution in [0.1, 0.15) is 21.5 Å². The summed E-state index contributed by atoms with van der Waals surface area (Å²) in [5.74, 6) is -2.29. The number of thioether (sulfide) groups is 1. The molecule has 1 amide bonds. The average Bonchev–Trinajstić information content (AvgIpc) is 2.55. The summed E-state index contributed by atoms with van der Waals surface area (Å²) in [5, 5.41) is 2.40. The molecule has 0 unspecified atom stereocenters. The molecule has 25 heavy (non-hydrogen) atoms. The number of hydrogen-bond donors (Lipinski definition) is 1. The number of carbonyl (C=O) groups excluding carboxylic acids is 1. The van der Waals surface area contributed by atoms with E-state index in [-0.39, 0.29) is 22.0 Å². The molecule has 0 aliphatic heterocycles. The van der Waals surface area contributed by atoms with Crippen LogP contribution in [0.15, 0.2) is 41.3 Å². The standard InChI is InChI=1S/C17H14ClF4NOS/c1-10-6-13(19)14(7-15(10)25-9-17(20,21)22)23-16(24)12-5-3-2-4-11(12)8-18/h2-7H,8-9H2,1H3,(H,23,24). The third-order valence-corrected chi connectivity index (χ3v) is 4.82. The number of anilines is 1. The predicted octanol–water partition coefficient (Wildman–Crippen LogP) is 5.78. The quantitative estimate of drug-likeness (QED) is 0.397. The van der Waals surface area contributed by atoms with Crippen LogP contribution in [0.25, 0.3) is 0 Å². The van der Waals surface area contributed by atoms with E-state index in [2.05, 4.69) is 5.32 Å². The van der Waals surface area contributed by atoms with Gasteiger partial charge in [-0.3, -0.25) is 4.79 Å². The molecule has 0 saturated heterocycles. The van der Waals surface area contributed by atoms with E-state index in [9.17, 15) is 22.4 Å². The van der Waals surface area contributed by atoms with Crippen molar-refractivity contribution in [1.82, 2.24) is 0 Å². The number of alkyl halides is 4. The normalized spacial score (nSPS) is 11.4. The molecule has 134 valence electrons. The van der Waals surface area contributed by atoms with E-state index in [0.29, 0.717) is 22.9 Å². The van der Waals surface area contributed by atoms with Crippen molar-refractivity contribution in [1.29, 1.82) is 0 Å². The maximum Gasteiger partial charge on any atom is 0.398 e. The molecule has 2 aromatic rings. The van der Waals surface area contributed by atoms with Crippen LogP contribution >= 0.6 is 23.4 Å². The summed E-state index contributed by atoms with van der Waals surface area (Å²) in [7, 11) is 0. The summed E-state index contributed by atoms with van der Waals surface area (Å²) >= 11 is 6.32. The van der Waals surface area contributed by atoms with Crippen molar-refractivity contribution in [3.8, 4) is 0 Å². The molecule has 0 aromatic heterocycles. The van der Waals surface area contributed by atoms with E-state index >= 15 is 0 Å². The second-order valence-electron chi connectivity index (χ2n) is 5.25. The molecule has 0 spiro atoms. The maximum absolute atomic E-state index is 14.1. The van der Waals surface area contributed by atoms with E-state index in [1.807, 2.05) is 0 Å². The van der Waals surface area contributed by atoms with Crippen LogP contribution < -0.4 is 5.32 Å². The van der Waals surface area contributed by atoms with Crippen molar-refractivity contribution >= 4 is 35.0 Å². The number of rotatable bonds is 5. The van der Waals surface area contributed by atoms with E-state index in [4.69, 9.17) is 11.6 Å². The minimum atomic E-state index is -4.34. The SMILES string of the molecule is Cc1cc(F)c(NC(=O)c2ccccc2CCl)cc1SCC(F)(F)F. The Balaban J connectivity index is 2.25. The Bertz CT molecular complexity index is 780. The van der Waals surface area contributed by atoms with Gasteiger partial charge in [0, 0.05) is 16.3 Å². The van der Waals surface area contributed by atoms with Crippen LogP contribution in [0.5, 0.6) is 0 Å². The van der Waals surface area contributed by atoms with Crippen LogP contribution in [0.2, 0.25) is 0 Å². The number of aryl methyl sites for hydroxylation is 1. The van der Waals surface area contributed by atoms with Crippen molar-refractivity contribution in [3.63, 3.8) is 0 Å². The molecular formula is C17H14ClF4NOS. The number of amides is 1. The zero-order valence-electron chi connectivity index (χ0n) is 13.1. The number of nitrogens with one attached hydrogen (secondary N) is 1. The fraction of sp³-hybridized carbons (Fsp3) is 0.235. The van der Waals surface area contributed by atoms with Gasteiger partial charge in [0.15, 0.2) is 0 Å². The van der Waals surface area contributed by atoms with Gasteiger partial charge in [0.05, 0.1) is 11.4 Å². The molecule has 1 N–H and O–H groups in total. The lowest BCUT2D eigenvalue weighted by atomic mass is 10.1. The monoisotopic (exact) mass is 391 g/mol. The highest BCUT2D eigenvalue weighted by Gasteiger charge is 2.27. The third-order valence-electron chi connectivity index (χ3n) is 3.31. The lowest BCUT2D eigenvalue weighted by molar-refractivity contribution is -0.105. The molecule has 2 aromatic carbocycles. The Labute approximate surface area is 151 Å². The van der Waals surface area contributed by atoms with E-state index in [1.165, 1.54) is 13.0 Å². The first-order valence-corrected chi connectivity index (χ1v) is 8.68. The second-order valence-corrected chi connectivity index (χ2v) is 6.53. The summed E-state index contributed by atoms with van der Waals surface area (Å²) in [5.41, 5.74) is 1.04. The van der Waals surface area contributed by atoms with Gasteiger partial charge in [-0.15, -0.1) is 23.4 Å². The van der Waals surface area contributed by atoms with Crippen molar-refractivity contribution < 1.29 is 22.4 Å². The van der Waals surface area contributed by atoms with Gasteiger partial charge in [0.1, 0.15) is 5.82 Å². The lowest BCUT2D eigenvalue weighted by Crippen LogP contribution is -2.15. The van der Waals surface area contributed by atoms with Gasteiger partial charge < -0.3 is 5.32 Å². The number of halogens is 5. The summed E-state index contributed by atoms with van der Waals surface area (Å²) < 4.78 is 51.3. The average molecular weight is 392 g/mol. The predicted molar refractivity (Wildman–Crippen MR) is 91.9 cm³/mol. The molecule has 0 atom stereocenters. The van der Waals surface area contributed by atoms with E-state index in [1.54, 1.807) is 24.3 Å². The molecule has 2 nitrogen and oxygen atoms in total. The fourth-order valence-corrected chi connectivity index (χ4v) is 3.15. The Hall–Kier alpha value is -1.73. The van der Waals surface area contributed by atoms with Gasteiger partial charge in [-0.25, -0.2) is 4.39 Å². The summed E-state index contributed by atoms with van der Waals surface area (Å²) in [4.78, 5) is 12.6. The van der Waals surface area contributed by atoms with Gasteiger partial charge in [-0.1, -0.05) is 18.2 Å². The molecule has 0 radical (unpaired) electrons. The first-order valence-electron chi connectivity index (χ1n) is 7.16. The summed E-state index contributed by atoms with van der Waals surface area (Å²) in [6.07, 6.45) is -4.34. The minimum absolute atomic E-state index is 0.104. The van der Waals surface area contributed by atoms with E-state index < -0.39 is 23.7 Å². The molecule has 0 heterocycles. The minimum Gasteiger partial charge on any atom is -0.319 e. The molecule has 0 saturated carbocycles. The van der Waals surface area contributed by atoms with Crippen LogP contribution in [0, 0.1) is 12.7 Å². The third kappa shape index (κ3) is 5.37. The fourth-order valence-electron chi connectivity index (χ4n) is 2.11. The van der Waals surface area contributed by atoms with E-state index in [0.717, 1.165) is 6.07 Å². The largest absolute Gasteiger partial charge is 0.398 e. The number of hydrogen-bond acceptors (Lipinski definition) is 2. The molecule has 0 aliphatic rings. The molecule has 2 rings (SSSR count). The number of carbonyl (C=O) groups is 1. The van der Waals surface area contributed by atoms with Gasteiger partial charge in [-0.05, 0) is 36.2 Å². The Kier molecular flexibility index (Phi) is 6.35. The lowest BCUT2D eigenvalue weighted by Gasteiger charge is -2.13. The van der Waals surface area contributed by atoms with Gasteiger partial charge in [0.25, 0.3) is 5.91 Å². The maximum atomic E-state index is 14.1. The van der Waals surface area contributed by atoms with Crippen molar-refractivity contribution in [2.75, 3.05) is 11.1 Å². The van der Waals surface area contributed by atoms with Gasteiger partial charge in [-0.2, -0.15) is 13.2 Å². The Morgan fingerprint density at radius 1 is 1.24 bits per heavy atom. The molecule has 8 heteroatoms. The molecule has 0 fully saturated rings. The van der Waals surface area contributed by atoms with Crippen LogP contribution in [0.4, 0.5) is 23.2 Å². The van der Waals surface area contributed by atoms with Crippen molar-refractivity contribution in [2.45, 2.75) is 23.9 Å². The highest BCUT2D eigenvalue weighted by Crippen LogP contribution is 2.32. The zero-order valence-corrected chi connectivity index (χ0v) is 14.7. The van der Waals surface area contributed by atoms with Crippen molar-refractivity contribution in [3.05, 3.63) is 58.9 Å². The zero-order chi connectivity index (χ0) is 18.6. The molecular weight excluding hydrogens is 378 g/mol. The van der Waals surface area contributed by atoms with Crippen LogP contribution in [0.3, 0.4) is 0 Å². The smallest absolute Gasteiger partial charge is 0.319 e. The Morgan fingerprint density at radius 3 is 2.56 bits per heavy atom. The number of benzene rings is 2. The first-order chi connectivity index (χ1) is 11.7. The molecule has 0 aliphatic carbocycles. The summed E-state index contributed by atoms with van der Waals surface area (Å²) in [6.45, 7) is 1.51. The van der Waals surface area contributed by atoms with Gasteiger partial charge in [0.2, 0.25) is 0 Å².